The lowest BCUT2D eigenvalue weighted by Gasteiger charge is -2.17. The minimum atomic E-state index is 0.822. The SMILES string of the molecule is CCCCC(CO[SiH3])CC(C)C. The second kappa shape index (κ2) is 7.81. The first-order valence-corrected chi connectivity index (χ1v) is 6.01. The molecule has 0 heterocycles. The molecule has 0 fully saturated rings. The van der Waals surface area contributed by atoms with Crippen LogP contribution in [0.1, 0.15) is 46.5 Å². The fourth-order valence-electron chi connectivity index (χ4n) is 1.66. The summed E-state index contributed by atoms with van der Waals surface area (Å²) in [7, 11) is 0.896. The third-order valence-electron chi connectivity index (χ3n) is 2.17. The zero-order valence-electron chi connectivity index (χ0n) is 9.10. The molecule has 2 heteroatoms. The van der Waals surface area contributed by atoms with E-state index in [0.717, 1.165) is 28.9 Å². The maximum atomic E-state index is 5.34. The molecular weight excluding hydrogens is 164 g/mol. The van der Waals surface area contributed by atoms with Crippen molar-refractivity contribution in [2.75, 3.05) is 6.61 Å². The molecule has 0 saturated heterocycles. The molecule has 0 spiro atoms. The lowest BCUT2D eigenvalue weighted by molar-refractivity contribution is 0.229. The van der Waals surface area contributed by atoms with Crippen LogP contribution in [0.5, 0.6) is 0 Å². The van der Waals surface area contributed by atoms with Gasteiger partial charge in [-0.3, -0.25) is 0 Å². The Balaban J connectivity index is 3.54. The molecule has 12 heavy (non-hydrogen) atoms. The summed E-state index contributed by atoms with van der Waals surface area (Å²) >= 11 is 0. The van der Waals surface area contributed by atoms with E-state index in [0.29, 0.717) is 0 Å². The van der Waals surface area contributed by atoms with Gasteiger partial charge in [0.2, 0.25) is 0 Å². The minimum absolute atomic E-state index is 0.822. The maximum Gasteiger partial charge on any atom is 0.145 e. The van der Waals surface area contributed by atoms with Crippen LogP contribution in [-0.2, 0) is 4.43 Å². The molecule has 0 saturated carbocycles. The molecule has 0 amide bonds. The van der Waals surface area contributed by atoms with Crippen molar-refractivity contribution in [2.24, 2.45) is 11.8 Å². The van der Waals surface area contributed by atoms with Gasteiger partial charge in [0.25, 0.3) is 0 Å². The summed E-state index contributed by atoms with van der Waals surface area (Å²) in [6, 6.07) is 0. The van der Waals surface area contributed by atoms with Crippen molar-refractivity contribution in [3.63, 3.8) is 0 Å². The van der Waals surface area contributed by atoms with Crippen molar-refractivity contribution in [3.8, 4) is 0 Å². The Morgan fingerprint density at radius 3 is 2.42 bits per heavy atom. The van der Waals surface area contributed by atoms with E-state index < -0.39 is 0 Å². The van der Waals surface area contributed by atoms with Crippen molar-refractivity contribution < 1.29 is 4.43 Å². The number of rotatable bonds is 7. The summed E-state index contributed by atoms with van der Waals surface area (Å²) in [6.07, 6.45) is 5.37. The van der Waals surface area contributed by atoms with E-state index >= 15 is 0 Å². The van der Waals surface area contributed by atoms with Gasteiger partial charge in [0.05, 0.1) is 0 Å². The molecule has 0 rings (SSSR count). The molecule has 0 aliphatic carbocycles. The van der Waals surface area contributed by atoms with Gasteiger partial charge in [-0.25, -0.2) is 0 Å². The molecule has 0 aliphatic rings. The van der Waals surface area contributed by atoms with Crippen molar-refractivity contribution >= 4 is 10.5 Å². The standard InChI is InChI=1S/C10H24OSi/c1-4-5-6-10(8-11-12)7-9(2)3/h9-10H,4-8H2,1-3,12H3. The van der Waals surface area contributed by atoms with E-state index in [1.807, 2.05) is 0 Å². The van der Waals surface area contributed by atoms with Gasteiger partial charge in [-0.15, -0.1) is 0 Å². The summed E-state index contributed by atoms with van der Waals surface area (Å²) in [5, 5.41) is 0. The predicted molar refractivity (Wildman–Crippen MR) is 58.4 cm³/mol. The topological polar surface area (TPSA) is 9.23 Å². The van der Waals surface area contributed by atoms with Gasteiger partial charge < -0.3 is 4.43 Å². The van der Waals surface area contributed by atoms with Crippen LogP contribution in [0.4, 0.5) is 0 Å². The van der Waals surface area contributed by atoms with Gasteiger partial charge in [0.1, 0.15) is 10.5 Å². The van der Waals surface area contributed by atoms with E-state index in [1.165, 1.54) is 25.7 Å². The Kier molecular flexibility index (Phi) is 7.92. The monoisotopic (exact) mass is 188 g/mol. The van der Waals surface area contributed by atoms with Gasteiger partial charge >= 0.3 is 0 Å². The van der Waals surface area contributed by atoms with Crippen molar-refractivity contribution in [3.05, 3.63) is 0 Å². The highest BCUT2D eigenvalue weighted by molar-refractivity contribution is 5.97. The fraction of sp³-hybridized carbons (Fsp3) is 1.00. The summed E-state index contributed by atoms with van der Waals surface area (Å²) in [5.74, 6) is 1.64. The second-order valence-corrected chi connectivity index (χ2v) is 4.67. The highest BCUT2D eigenvalue weighted by Gasteiger charge is 2.09. The van der Waals surface area contributed by atoms with Crippen LogP contribution in [-0.4, -0.2) is 17.1 Å². The lowest BCUT2D eigenvalue weighted by atomic mass is 9.93. The average molecular weight is 188 g/mol. The number of hydrogen-bond acceptors (Lipinski definition) is 1. The highest BCUT2D eigenvalue weighted by Crippen LogP contribution is 2.17. The summed E-state index contributed by atoms with van der Waals surface area (Å²) in [5.41, 5.74) is 0. The highest BCUT2D eigenvalue weighted by atomic mass is 28.2. The maximum absolute atomic E-state index is 5.34. The first-order chi connectivity index (χ1) is 5.70. The van der Waals surface area contributed by atoms with E-state index in [1.54, 1.807) is 0 Å². The first kappa shape index (κ1) is 12.2. The molecule has 74 valence electrons. The molecule has 1 unspecified atom stereocenters. The van der Waals surface area contributed by atoms with E-state index in [-0.39, 0.29) is 0 Å². The van der Waals surface area contributed by atoms with Crippen molar-refractivity contribution in [2.45, 2.75) is 46.5 Å². The Labute approximate surface area is 80.4 Å². The van der Waals surface area contributed by atoms with Crippen LogP contribution < -0.4 is 0 Å². The smallest absolute Gasteiger partial charge is 0.145 e. The van der Waals surface area contributed by atoms with Crippen molar-refractivity contribution in [1.29, 1.82) is 0 Å². The summed E-state index contributed by atoms with van der Waals surface area (Å²) < 4.78 is 5.34. The van der Waals surface area contributed by atoms with Crippen LogP contribution in [0.15, 0.2) is 0 Å². The van der Waals surface area contributed by atoms with Crippen LogP contribution in [0, 0.1) is 11.8 Å². The molecule has 0 aromatic carbocycles. The zero-order chi connectivity index (χ0) is 9.40. The molecule has 0 aromatic heterocycles. The van der Waals surface area contributed by atoms with Gasteiger partial charge in [0.15, 0.2) is 0 Å². The molecule has 1 atom stereocenters. The Morgan fingerprint density at radius 2 is 2.00 bits per heavy atom. The van der Waals surface area contributed by atoms with Gasteiger partial charge in [-0.05, 0) is 24.7 Å². The van der Waals surface area contributed by atoms with Crippen LogP contribution >= 0.6 is 0 Å². The molecule has 0 aromatic rings. The first-order valence-electron chi connectivity index (χ1n) is 5.19. The van der Waals surface area contributed by atoms with Crippen LogP contribution in [0.3, 0.4) is 0 Å². The van der Waals surface area contributed by atoms with Crippen LogP contribution in [0.25, 0.3) is 0 Å². The summed E-state index contributed by atoms with van der Waals surface area (Å²) in [4.78, 5) is 0. The fourth-order valence-corrected chi connectivity index (χ4v) is 2.14. The molecule has 0 aliphatic heterocycles. The lowest BCUT2D eigenvalue weighted by Crippen LogP contribution is -2.11. The average Bonchev–Trinajstić information content (AvgIpc) is 2.00. The molecular formula is C10H24OSi. The van der Waals surface area contributed by atoms with E-state index in [9.17, 15) is 0 Å². The largest absolute Gasteiger partial charge is 0.428 e. The third kappa shape index (κ3) is 6.86. The Morgan fingerprint density at radius 1 is 1.33 bits per heavy atom. The molecule has 1 nitrogen and oxygen atoms in total. The van der Waals surface area contributed by atoms with E-state index in [2.05, 4.69) is 20.8 Å². The van der Waals surface area contributed by atoms with Gasteiger partial charge in [-0.2, -0.15) is 0 Å². The van der Waals surface area contributed by atoms with Crippen LogP contribution in [0.2, 0.25) is 0 Å². The third-order valence-corrected chi connectivity index (χ3v) is 2.51. The Hall–Kier alpha value is 0.177. The number of unbranched alkanes of at least 4 members (excludes halogenated alkanes) is 1. The summed E-state index contributed by atoms with van der Waals surface area (Å²) in [6.45, 7) is 7.86. The van der Waals surface area contributed by atoms with Gasteiger partial charge in [0, 0.05) is 6.61 Å². The van der Waals surface area contributed by atoms with Gasteiger partial charge in [-0.1, -0.05) is 33.6 Å². The number of hydrogen-bond donors (Lipinski definition) is 0. The van der Waals surface area contributed by atoms with Crippen molar-refractivity contribution in [1.82, 2.24) is 0 Å². The minimum Gasteiger partial charge on any atom is -0.428 e. The van der Waals surface area contributed by atoms with E-state index in [4.69, 9.17) is 4.43 Å². The predicted octanol–water partition coefficient (Wildman–Crippen LogP) is 2.14. The Bertz CT molecular complexity index is 93.8. The normalized spacial score (nSPS) is 14.0. The zero-order valence-corrected chi connectivity index (χ0v) is 11.1. The quantitative estimate of drug-likeness (QED) is 0.556. The molecule has 0 radical (unpaired) electrons. The molecule has 0 N–H and O–H groups in total. The second-order valence-electron chi connectivity index (χ2n) is 4.09. The molecule has 0 bridgehead atoms.